The molecule has 0 aromatic carbocycles. The maximum absolute atomic E-state index is 12.5. The average Bonchev–Trinajstić information content (AvgIpc) is 2.49. The molecule has 0 spiro atoms. The van der Waals surface area contributed by atoms with E-state index >= 15 is 0 Å². The molecule has 5 nitrogen and oxygen atoms in total. The number of carbonyl (C=O) groups is 2. The molecule has 0 aromatic heterocycles. The van der Waals surface area contributed by atoms with Crippen LogP contribution < -0.4 is 5.73 Å². The quantitative estimate of drug-likeness (QED) is 0.841. The van der Waals surface area contributed by atoms with Crippen LogP contribution in [0.25, 0.3) is 0 Å². The second-order valence-electron chi connectivity index (χ2n) is 7.20. The van der Waals surface area contributed by atoms with Crippen molar-refractivity contribution in [3.05, 3.63) is 0 Å². The molecule has 0 bridgehead atoms. The van der Waals surface area contributed by atoms with E-state index in [-0.39, 0.29) is 5.91 Å². The number of hydrogen-bond donors (Lipinski definition) is 1. The van der Waals surface area contributed by atoms with Crippen LogP contribution in [0.5, 0.6) is 0 Å². The summed E-state index contributed by atoms with van der Waals surface area (Å²) in [7, 11) is 0. The zero-order chi connectivity index (χ0) is 16.2. The van der Waals surface area contributed by atoms with Crippen molar-refractivity contribution in [1.29, 1.82) is 0 Å². The standard InChI is InChI=1S/C17H31N3O2/c1-3-9-17(2,18)16(22)19-11-7-14(8-12-19)13-20-10-5-4-6-15(20)21/h14H,3-13,18H2,1-2H3. The van der Waals surface area contributed by atoms with Crippen LogP contribution in [-0.2, 0) is 9.59 Å². The molecular weight excluding hydrogens is 278 g/mol. The zero-order valence-electron chi connectivity index (χ0n) is 14.1. The summed E-state index contributed by atoms with van der Waals surface area (Å²) in [4.78, 5) is 28.3. The fourth-order valence-electron chi connectivity index (χ4n) is 3.67. The van der Waals surface area contributed by atoms with E-state index in [1.165, 1.54) is 0 Å². The monoisotopic (exact) mass is 309 g/mol. The molecule has 2 rings (SSSR count). The van der Waals surface area contributed by atoms with Crippen molar-refractivity contribution in [3.63, 3.8) is 0 Å². The molecule has 22 heavy (non-hydrogen) atoms. The Bertz CT molecular complexity index is 401. The second kappa shape index (κ2) is 7.44. The molecule has 126 valence electrons. The van der Waals surface area contributed by atoms with Gasteiger partial charge in [0.15, 0.2) is 0 Å². The lowest BCUT2D eigenvalue weighted by atomic mass is 9.91. The fourth-order valence-corrected chi connectivity index (χ4v) is 3.67. The predicted octanol–water partition coefficient (Wildman–Crippen LogP) is 1.75. The number of nitrogens with zero attached hydrogens (tertiary/aromatic N) is 2. The molecule has 5 heteroatoms. The van der Waals surface area contributed by atoms with Gasteiger partial charge in [0.25, 0.3) is 0 Å². The number of carbonyl (C=O) groups excluding carboxylic acids is 2. The van der Waals surface area contributed by atoms with Crippen molar-refractivity contribution in [2.45, 2.75) is 64.3 Å². The molecule has 2 amide bonds. The van der Waals surface area contributed by atoms with E-state index < -0.39 is 5.54 Å². The molecule has 0 radical (unpaired) electrons. The number of hydrogen-bond acceptors (Lipinski definition) is 3. The van der Waals surface area contributed by atoms with Gasteiger partial charge in [0.2, 0.25) is 11.8 Å². The summed E-state index contributed by atoms with van der Waals surface area (Å²) in [6.45, 7) is 7.24. The fraction of sp³-hybridized carbons (Fsp3) is 0.882. The third-order valence-corrected chi connectivity index (χ3v) is 5.06. The maximum Gasteiger partial charge on any atom is 0.242 e. The van der Waals surface area contributed by atoms with Gasteiger partial charge in [0.05, 0.1) is 5.54 Å². The Balaban J connectivity index is 1.80. The van der Waals surface area contributed by atoms with Gasteiger partial charge < -0.3 is 15.5 Å². The summed E-state index contributed by atoms with van der Waals surface area (Å²) in [6.07, 6.45) is 6.50. The van der Waals surface area contributed by atoms with Crippen molar-refractivity contribution in [3.8, 4) is 0 Å². The first-order valence-corrected chi connectivity index (χ1v) is 8.80. The average molecular weight is 309 g/mol. The molecule has 2 aliphatic rings. The van der Waals surface area contributed by atoms with Crippen LogP contribution in [0.1, 0.15) is 58.8 Å². The van der Waals surface area contributed by atoms with Crippen molar-refractivity contribution >= 4 is 11.8 Å². The summed E-state index contributed by atoms with van der Waals surface area (Å²) in [5.74, 6) is 0.922. The molecule has 2 saturated heterocycles. The Morgan fingerprint density at radius 1 is 1.27 bits per heavy atom. The number of nitrogens with two attached hydrogens (primary N) is 1. The van der Waals surface area contributed by atoms with Crippen molar-refractivity contribution < 1.29 is 9.59 Å². The van der Waals surface area contributed by atoms with Gasteiger partial charge in [-0.2, -0.15) is 0 Å². The van der Waals surface area contributed by atoms with Crippen LogP contribution in [0.4, 0.5) is 0 Å². The first-order valence-electron chi connectivity index (χ1n) is 8.80. The number of rotatable bonds is 5. The van der Waals surface area contributed by atoms with Crippen LogP contribution in [0.15, 0.2) is 0 Å². The smallest absolute Gasteiger partial charge is 0.242 e. The minimum atomic E-state index is -0.732. The lowest BCUT2D eigenvalue weighted by molar-refractivity contribution is -0.139. The Kier molecular flexibility index (Phi) is 5.84. The zero-order valence-corrected chi connectivity index (χ0v) is 14.1. The van der Waals surface area contributed by atoms with E-state index in [0.29, 0.717) is 18.2 Å². The number of piperidine rings is 2. The molecule has 2 fully saturated rings. The SMILES string of the molecule is CCCC(C)(N)C(=O)N1CCC(CN2CCCCC2=O)CC1. The van der Waals surface area contributed by atoms with Crippen molar-refractivity contribution in [1.82, 2.24) is 9.80 Å². The number of amides is 2. The minimum absolute atomic E-state index is 0.0850. The van der Waals surface area contributed by atoms with Crippen LogP contribution in [0.3, 0.4) is 0 Å². The molecule has 2 aliphatic heterocycles. The lowest BCUT2D eigenvalue weighted by Gasteiger charge is -2.38. The van der Waals surface area contributed by atoms with E-state index in [9.17, 15) is 9.59 Å². The highest BCUT2D eigenvalue weighted by Gasteiger charge is 2.34. The second-order valence-corrected chi connectivity index (χ2v) is 7.20. The molecule has 0 aliphatic carbocycles. The summed E-state index contributed by atoms with van der Waals surface area (Å²) >= 11 is 0. The van der Waals surface area contributed by atoms with Crippen molar-refractivity contribution in [2.75, 3.05) is 26.2 Å². The summed E-state index contributed by atoms with van der Waals surface area (Å²) in [6, 6.07) is 0. The Hall–Kier alpha value is -1.10. The highest BCUT2D eigenvalue weighted by molar-refractivity contribution is 5.85. The van der Waals surface area contributed by atoms with Crippen molar-refractivity contribution in [2.24, 2.45) is 11.7 Å². The normalized spacial score (nSPS) is 23.5. The van der Waals surface area contributed by atoms with E-state index in [1.54, 1.807) is 0 Å². The van der Waals surface area contributed by atoms with Gasteiger partial charge in [-0.1, -0.05) is 13.3 Å². The minimum Gasteiger partial charge on any atom is -0.342 e. The van der Waals surface area contributed by atoms with Gasteiger partial charge in [-0.3, -0.25) is 9.59 Å². The van der Waals surface area contributed by atoms with Gasteiger partial charge in [0, 0.05) is 32.6 Å². The molecule has 2 N–H and O–H groups in total. The predicted molar refractivity (Wildman–Crippen MR) is 87.2 cm³/mol. The third-order valence-electron chi connectivity index (χ3n) is 5.06. The maximum atomic E-state index is 12.5. The highest BCUT2D eigenvalue weighted by atomic mass is 16.2. The van der Waals surface area contributed by atoms with Crippen LogP contribution in [0.2, 0.25) is 0 Å². The largest absolute Gasteiger partial charge is 0.342 e. The Morgan fingerprint density at radius 3 is 2.55 bits per heavy atom. The van der Waals surface area contributed by atoms with Gasteiger partial charge >= 0.3 is 0 Å². The molecular formula is C17H31N3O2. The lowest BCUT2D eigenvalue weighted by Crippen LogP contribution is -2.55. The first kappa shape index (κ1) is 17.3. The highest BCUT2D eigenvalue weighted by Crippen LogP contribution is 2.23. The van der Waals surface area contributed by atoms with E-state index in [0.717, 1.165) is 64.7 Å². The third kappa shape index (κ3) is 4.22. The van der Waals surface area contributed by atoms with Crippen LogP contribution >= 0.6 is 0 Å². The Morgan fingerprint density at radius 2 is 1.95 bits per heavy atom. The van der Waals surface area contributed by atoms with Crippen LogP contribution in [-0.4, -0.2) is 53.3 Å². The van der Waals surface area contributed by atoms with Gasteiger partial charge in [-0.25, -0.2) is 0 Å². The summed E-state index contributed by atoms with van der Waals surface area (Å²) in [5, 5.41) is 0. The van der Waals surface area contributed by atoms with Gasteiger partial charge in [0.1, 0.15) is 0 Å². The summed E-state index contributed by atoms with van der Waals surface area (Å²) < 4.78 is 0. The van der Waals surface area contributed by atoms with Gasteiger partial charge in [-0.05, 0) is 44.9 Å². The molecule has 0 saturated carbocycles. The molecule has 2 heterocycles. The summed E-state index contributed by atoms with van der Waals surface area (Å²) in [5.41, 5.74) is 5.43. The van der Waals surface area contributed by atoms with E-state index in [2.05, 4.69) is 6.92 Å². The number of likely N-dealkylation sites (tertiary alicyclic amines) is 2. The Labute approximate surface area is 134 Å². The van der Waals surface area contributed by atoms with Gasteiger partial charge in [-0.15, -0.1) is 0 Å². The molecule has 0 aromatic rings. The molecule has 1 unspecified atom stereocenters. The topological polar surface area (TPSA) is 66.6 Å². The van der Waals surface area contributed by atoms with E-state index in [1.807, 2.05) is 16.7 Å². The first-order chi connectivity index (χ1) is 10.4. The van der Waals surface area contributed by atoms with Crippen LogP contribution in [0, 0.1) is 5.92 Å². The van der Waals surface area contributed by atoms with E-state index in [4.69, 9.17) is 5.73 Å². The molecule has 1 atom stereocenters.